The number of hydrogen-bond acceptors (Lipinski definition) is 1. The first kappa shape index (κ1) is 16.1. The van der Waals surface area contributed by atoms with Crippen molar-refractivity contribution in [1.82, 2.24) is 4.90 Å². The molecule has 1 amide bonds. The van der Waals surface area contributed by atoms with E-state index in [1.54, 1.807) is 12.1 Å². The lowest BCUT2D eigenvalue weighted by atomic mass is 9.90. The molecular weight excluding hydrogens is 306 g/mol. The first-order chi connectivity index (χ1) is 11.2. The fourth-order valence-electron chi connectivity index (χ4n) is 3.22. The van der Waals surface area contributed by atoms with Crippen LogP contribution in [0.5, 0.6) is 0 Å². The molecule has 1 fully saturated rings. The van der Waals surface area contributed by atoms with Gasteiger partial charge in [0.25, 0.3) is 5.91 Å². The molecule has 0 bridgehead atoms. The highest BCUT2D eigenvalue weighted by atomic mass is 35.5. The standard InChI is InChI=1S/C20H22ClNO/c21-19-10-8-18(9-11-19)20(23)22-14-12-17(13-15-22)7-6-16-4-2-1-3-5-16/h1-5,8-11,17H,6-7,12-15H2. The predicted molar refractivity (Wildman–Crippen MR) is 94.8 cm³/mol. The number of carbonyl (C=O) groups excluding carboxylic acids is 1. The third-order valence-corrected chi connectivity index (χ3v) is 4.93. The van der Waals surface area contributed by atoms with E-state index in [1.165, 1.54) is 12.0 Å². The summed E-state index contributed by atoms with van der Waals surface area (Å²) in [6.45, 7) is 1.72. The van der Waals surface area contributed by atoms with Gasteiger partial charge in [0.1, 0.15) is 0 Å². The van der Waals surface area contributed by atoms with Crippen LogP contribution < -0.4 is 0 Å². The van der Waals surface area contributed by atoms with Gasteiger partial charge in [-0.2, -0.15) is 0 Å². The van der Waals surface area contributed by atoms with Gasteiger partial charge in [-0.1, -0.05) is 41.9 Å². The van der Waals surface area contributed by atoms with Crippen molar-refractivity contribution >= 4 is 17.5 Å². The Morgan fingerprint density at radius 3 is 2.30 bits per heavy atom. The van der Waals surface area contributed by atoms with Gasteiger partial charge in [-0.15, -0.1) is 0 Å². The van der Waals surface area contributed by atoms with Crippen LogP contribution in [0.25, 0.3) is 0 Å². The van der Waals surface area contributed by atoms with Crippen LogP contribution in [0.4, 0.5) is 0 Å². The Kier molecular flexibility index (Phi) is 5.35. The van der Waals surface area contributed by atoms with Gasteiger partial charge in [0, 0.05) is 23.7 Å². The van der Waals surface area contributed by atoms with Crippen molar-refractivity contribution in [1.29, 1.82) is 0 Å². The zero-order valence-corrected chi connectivity index (χ0v) is 14.0. The summed E-state index contributed by atoms with van der Waals surface area (Å²) in [5.74, 6) is 0.854. The van der Waals surface area contributed by atoms with Crippen molar-refractivity contribution in [3.05, 3.63) is 70.7 Å². The Bertz CT molecular complexity index is 630. The van der Waals surface area contributed by atoms with E-state index in [2.05, 4.69) is 30.3 Å². The molecule has 2 nitrogen and oxygen atoms in total. The van der Waals surface area contributed by atoms with E-state index in [9.17, 15) is 4.79 Å². The van der Waals surface area contributed by atoms with Gasteiger partial charge in [0.15, 0.2) is 0 Å². The Balaban J connectivity index is 1.48. The molecule has 0 saturated carbocycles. The van der Waals surface area contributed by atoms with Crippen LogP contribution in [-0.2, 0) is 6.42 Å². The van der Waals surface area contributed by atoms with E-state index in [-0.39, 0.29) is 5.91 Å². The molecule has 0 aromatic heterocycles. The number of hydrogen-bond donors (Lipinski definition) is 0. The van der Waals surface area contributed by atoms with Crippen molar-refractivity contribution in [2.24, 2.45) is 5.92 Å². The Hall–Kier alpha value is -1.80. The monoisotopic (exact) mass is 327 g/mol. The Morgan fingerprint density at radius 2 is 1.65 bits per heavy atom. The molecule has 3 rings (SSSR count). The third-order valence-electron chi connectivity index (χ3n) is 4.68. The number of halogens is 1. The second-order valence-corrected chi connectivity index (χ2v) is 6.70. The first-order valence-corrected chi connectivity index (χ1v) is 8.69. The number of nitrogens with zero attached hydrogens (tertiary/aromatic N) is 1. The summed E-state index contributed by atoms with van der Waals surface area (Å²) in [5, 5.41) is 0.668. The summed E-state index contributed by atoms with van der Waals surface area (Å²) in [6.07, 6.45) is 4.56. The molecule has 1 heterocycles. The van der Waals surface area contributed by atoms with E-state index >= 15 is 0 Å². The summed E-state index contributed by atoms with van der Waals surface area (Å²) < 4.78 is 0. The van der Waals surface area contributed by atoms with Gasteiger partial charge in [-0.25, -0.2) is 0 Å². The number of carbonyl (C=O) groups is 1. The number of benzene rings is 2. The summed E-state index contributed by atoms with van der Waals surface area (Å²) in [6, 6.07) is 17.8. The van der Waals surface area contributed by atoms with Crippen molar-refractivity contribution in [3.63, 3.8) is 0 Å². The molecule has 0 spiro atoms. The maximum atomic E-state index is 12.5. The van der Waals surface area contributed by atoms with Crippen LogP contribution in [-0.4, -0.2) is 23.9 Å². The molecule has 120 valence electrons. The normalized spacial score (nSPS) is 15.6. The van der Waals surface area contributed by atoms with Gasteiger partial charge in [-0.05, 0) is 61.4 Å². The van der Waals surface area contributed by atoms with Crippen LogP contribution in [0.15, 0.2) is 54.6 Å². The maximum Gasteiger partial charge on any atom is 0.253 e. The summed E-state index contributed by atoms with van der Waals surface area (Å²) in [7, 11) is 0. The van der Waals surface area contributed by atoms with Crippen molar-refractivity contribution in [2.75, 3.05) is 13.1 Å². The zero-order chi connectivity index (χ0) is 16.1. The van der Waals surface area contributed by atoms with Crippen molar-refractivity contribution < 1.29 is 4.79 Å². The SMILES string of the molecule is O=C(c1ccc(Cl)cc1)N1CCC(CCc2ccccc2)CC1. The van der Waals surface area contributed by atoms with Crippen LogP contribution >= 0.6 is 11.6 Å². The van der Waals surface area contributed by atoms with Crippen molar-refractivity contribution in [2.45, 2.75) is 25.7 Å². The molecule has 0 radical (unpaired) electrons. The van der Waals surface area contributed by atoms with E-state index in [0.717, 1.165) is 43.8 Å². The average molecular weight is 328 g/mol. The topological polar surface area (TPSA) is 20.3 Å². The summed E-state index contributed by atoms with van der Waals surface area (Å²) >= 11 is 5.88. The molecule has 2 aromatic rings. The number of aryl methyl sites for hydroxylation is 1. The van der Waals surface area contributed by atoms with E-state index < -0.39 is 0 Å². The predicted octanol–water partition coefficient (Wildman–Crippen LogP) is 4.83. The number of piperidine rings is 1. The van der Waals surface area contributed by atoms with Crippen LogP contribution in [0.1, 0.15) is 35.2 Å². The first-order valence-electron chi connectivity index (χ1n) is 8.31. The largest absolute Gasteiger partial charge is 0.339 e. The highest BCUT2D eigenvalue weighted by molar-refractivity contribution is 6.30. The molecular formula is C20H22ClNO. The second-order valence-electron chi connectivity index (χ2n) is 6.27. The summed E-state index contributed by atoms with van der Waals surface area (Å²) in [5.41, 5.74) is 2.14. The van der Waals surface area contributed by atoms with Crippen LogP contribution in [0, 0.1) is 5.92 Å². The zero-order valence-electron chi connectivity index (χ0n) is 13.2. The Morgan fingerprint density at radius 1 is 1.00 bits per heavy atom. The Labute approximate surface area is 143 Å². The molecule has 0 atom stereocenters. The lowest BCUT2D eigenvalue weighted by Crippen LogP contribution is -2.38. The minimum absolute atomic E-state index is 0.128. The van der Waals surface area contributed by atoms with Gasteiger partial charge < -0.3 is 4.90 Å². The molecule has 0 unspecified atom stereocenters. The molecule has 0 N–H and O–H groups in total. The van der Waals surface area contributed by atoms with E-state index in [4.69, 9.17) is 11.6 Å². The highest BCUT2D eigenvalue weighted by Crippen LogP contribution is 2.24. The van der Waals surface area contributed by atoms with E-state index in [0.29, 0.717) is 5.02 Å². The van der Waals surface area contributed by atoms with Crippen molar-refractivity contribution in [3.8, 4) is 0 Å². The second kappa shape index (κ2) is 7.65. The lowest BCUT2D eigenvalue weighted by Gasteiger charge is -2.32. The van der Waals surface area contributed by atoms with Crippen LogP contribution in [0.3, 0.4) is 0 Å². The smallest absolute Gasteiger partial charge is 0.253 e. The van der Waals surface area contributed by atoms with Gasteiger partial charge >= 0.3 is 0 Å². The molecule has 23 heavy (non-hydrogen) atoms. The van der Waals surface area contributed by atoms with Gasteiger partial charge in [0.2, 0.25) is 0 Å². The fourth-order valence-corrected chi connectivity index (χ4v) is 3.34. The van der Waals surface area contributed by atoms with Gasteiger partial charge in [-0.3, -0.25) is 4.79 Å². The maximum absolute atomic E-state index is 12.5. The molecule has 1 aliphatic rings. The molecule has 1 saturated heterocycles. The number of likely N-dealkylation sites (tertiary alicyclic amines) is 1. The lowest BCUT2D eigenvalue weighted by molar-refractivity contribution is 0.0687. The number of amides is 1. The van der Waals surface area contributed by atoms with Gasteiger partial charge in [0.05, 0.1) is 0 Å². The molecule has 1 aliphatic heterocycles. The van der Waals surface area contributed by atoms with E-state index in [1.807, 2.05) is 17.0 Å². The average Bonchev–Trinajstić information content (AvgIpc) is 2.61. The van der Waals surface area contributed by atoms with Crippen LogP contribution in [0.2, 0.25) is 5.02 Å². The molecule has 3 heteroatoms. The molecule has 2 aromatic carbocycles. The quantitative estimate of drug-likeness (QED) is 0.788. The number of rotatable bonds is 4. The summed E-state index contributed by atoms with van der Waals surface area (Å²) in [4.78, 5) is 14.5. The third kappa shape index (κ3) is 4.35. The fraction of sp³-hybridized carbons (Fsp3) is 0.350. The highest BCUT2D eigenvalue weighted by Gasteiger charge is 2.23. The minimum atomic E-state index is 0.128. The minimum Gasteiger partial charge on any atom is -0.339 e. The molecule has 0 aliphatic carbocycles.